The molecular formula is C13H18N4. The van der Waals surface area contributed by atoms with Crippen molar-refractivity contribution in [2.24, 2.45) is 11.7 Å². The van der Waals surface area contributed by atoms with E-state index < -0.39 is 0 Å². The van der Waals surface area contributed by atoms with Crippen LogP contribution >= 0.6 is 0 Å². The van der Waals surface area contributed by atoms with Gasteiger partial charge in [0.15, 0.2) is 0 Å². The molecule has 0 saturated carbocycles. The molecule has 0 bridgehead atoms. The second-order valence-electron chi connectivity index (χ2n) is 4.81. The van der Waals surface area contributed by atoms with E-state index in [1.165, 1.54) is 18.4 Å². The van der Waals surface area contributed by atoms with Crippen molar-refractivity contribution in [1.82, 2.24) is 15.3 Å². The van der Waals surface area contributed by atoms with Crippen molar-refractivity contribution < 1.29 is 0 Å². The first-order chi connectivity index (χ1) is 8.34. The van der Waals surface area contributed by atoms with Gasteiger partial charge in [0.1, 0.15) is 0 Å². The number of benzene rings is 1. The summed E-state index contributed by atoms with van der Waals surface area (Å²) in [6.07, 6.45) is 4.17. The number of fused-ring (bicyclic) bond motifs is 1. The van der Waals surface area contributed by atoms with Crippen LogP contribution in [0.2, 0.25) is 0 Å². The maximum atomic E-state index is 6.36. The number of nitrogens with zero attached hydrogens (tertiary/aromatic N) is 1. The molecule has 17 heavy (non-hydrogen) atoms. The van der Waals surface area contributed by atoms with Crippen LogP contribution in [0.15, 0.2) is 24.5 Å². The Morgan fingerprint density at radius 3 is 3.18 bits per heavy atom. The van der Waals surface area contributed by atoms with Gasteiger partial charge in [-0.05, 0) is 49.5 Å². The van der Waals surface area contributed by atoms with Crippen molar-refractivity contribution in [3.63, 3.8) is 0 Å². The molecule has 4 heteroatoms. The van der Waals surface area contributed by atoms with Crippen molar-refractivity contribution in [3.05, 3.63) is 30.1 Å². The van der Waals surface area contributed by atoms with Gasteiger partial charge in [-0.15, -0.1) is 0 Å². The highest BCUT2D eigenvalue weighted by Crippen LogP contribution is 2.26. The molecule has 90 valence electrons. The molecule has 3 rings (SSSR count). The van der Waals surface area contributed by atoms with Gasteiger partial charge in [-0.1, -0.05) is 6.07 Å². The van der Waals surface area contributed by atoms with E-state index in [-0.39, 0.29) is 6.04 Å². The van der Waals surface area contributed by atoms with E-state index in [1.807, 2.05) is 6.07 Å². The minimum absolute atomic E-state index is 0.121. The van der Waals surface area contributed by atoms with Crippen LogP contribution in [0, 0.1) is 5.92 Å². The van der Waals surface area contributed by atoms with E-state index in [0.717, 1.165) is 24.1 Å². The molecule has 2 atom stereocenters. The fourth-order valence-corrected chi connectivity index (χ4v) is 2.62. The van der Waals surface area contributed by atoms with Gasteiger partial charge < -0.3 is 16.0 Å². The van der Waals surface area contributed by atoms with Gasteiger partial charge in [0.25, 0.3) is 0 Å². The quantitative estimate of drug-likeness (QED) is 0.733. The molecule has 0 spiro atoms. The summed E-state index contributed by atoms with van der Waals surface area (Å²) in [5, 5.41) is 3.42. The van der Waals surface area contributed by atoms with Crippen molar-refractivity contribution in [1.29, 1.82) is 0 Å². The molecule has 0 aliphatic carbocycles. The molecule has 1 aliphatic rings. The van der Waals surface area contributed by atoms with Crippen LogP contribution in [0.25, 0.3) is 11.0 Å². The Hall–Kier alpha value is -1.39. The molecular weight excluding hydrogens is 212 g/mol. The van der Waals surface area contributed by atoms with Crippen molar-refractivity contribution in [2.75, 3.05) is 13.1 Å². The molecule has 4 nitrogen and oxygen atoms in total. The Morgan fingerprint density at radius 2 is 2.35 bits per heavy atom. The molecule has 1 aliphatic heterocycles. The van der Waals surface area contributed by atoms with Crippen LogP contribution < -0.4 is 11.1 Å². The first-order valence-corrected chi connectivity index (χ1v) is 6.24. The lowest BCUT2D eigenvalue weighted by atomic mass is 9.88. The second kappa shape index (κ2) is 4.47. The monoisotopic (exact) mass is 230 g/mol. The highest BCUT2D eigenvalue weighted by atomic mass is 14.9. The zero-order valence-corrected chi connectivity index (χ0v) is 9.82. The Morgan fingerprint density at radius 1 is 1.41 bits per heavy atom. The highest BCUT2D eigenvalue weighted by Gasteiger charge is 2.21. The summed E-state index contributed by atoms with van der Waals surface area (Å²) in [6.45, 7) is 2.16. The highest BCUT2D eigenvalue weighted by molar-refractivity contribution is 5.75. The topological polar surface area (TPSA) is 66.7 Å². The minimum Gasteiger partial charge on any atom is -0.345 e. The summed E-state index contributed by atoms with van der Waals surface area (Å²) in [5.74, 6) is 0.545. The minimum atomic E-state index is 0.121. The summed E-state index contributed by atoms with van der Waals surface area (Å²) < 4.78 is 0. The van der Waals surface area contributed by atoms with Gasteiger partial charge in [0.05, 0.1) is 17.4 Å². The standard InChI is InChI=1S/C13H18N4/c14-13(10-2-1-5-15-7-10)9-3-4-11-12(6-9)17-8-16-11/h3-4,6,8,10,13,15H,1-2,5,7,14H2,(H,16,17). The lowest BCUT2D eigenvalue weighted by Crippen LogP contribution is -2.36. The zero-order chi connectivity index (χ0) is 11.7. The fourth-order valence-electron chi connectivity index (χ4n) is 2.62. The molecule has 2 heterocycles. The third-order valence-electron chi connectivity index (χ3n) is 3.67. The molecule has 1 aromatic carbocycles. The van der Waals surface area contributed by atoms with Gasteiger partial charge >= 0.3 is 0 Å². The number of nitrogens with one attached hydrogen (secondary N) is 2. The molecule has 1 fully saturated rings. The summed E-state index contributed by atoms with van der Waals surface area (Å²) >= 11 is 0. The summed E-state index contributed by atoms with van der Waals surface area (Å²) in [4.78, 5) is 7.36. The number of rotatable bonds is 2. The molecule has 2 aromatic rings. The first-order valence-electron chi connectivity index (χ1n) is 6.24. The average molecular weight is 230 g/mol. The number of H-pyrrole nitrogens is 1. The number of imidazole rings is 1. The van der Waals surface area contributed by atoms with Gasteiger partial charge in [-0.2, -0.15) is 0 Å². The summed E-state index contributed by atoms with van der Waals surface area (Å²) in [6, 6.07) is 6.39. The number of hydrogen-bond acceptors (Lipinski definition) is 3. The molecule has 2 unspecified atom stereocenters. The molecule has 1 aromatic heterocycles. The Bertz CT molecular complexity index is 499. The van der Waals surface area contributed by atoms with Crippen LogP contribution in [0.1, 0.15) is 24.4 Å². The van der Waals surface area contributed by atoms with Gasteiger partial charge in [-0.25, -0.2) is 4.98 Å². The predicted molar refractivity (Wildman–Crippen MR) is 68.6 cm³/mol. The van der Waals surface area contributed by atoms with Crippen LogP contribution in [-0.4, -0.2) is 23.1 Å². The van der Waals surface area contributed by atoms with E-state index in [0.29, 0.717) is 5.92 Å². The van der Waals surface area contributed by atoms with E-state index in [4.69, 9.17) is 5.73 Å². The van der Waals surface area contributed by atoms with Crippen molar-refractivity contribution in [2.45, 2.75) is 18.9 Å². The number of piperidine rings is 1. The maximum Gasteiger partial charge on any atom is 0.0931 e. The average Bonchev–Trinajstić information content (AvgIpc) is 2.86. The van der Waals surface area contributed by atoms with Crippen LogP contribution in [0.3, 0.4) is 0 Å². The van der Waals surface area contributed by atoms with Crippen LogP contribution in [0.4, 0.5) is 0 Å². The third kappa shape index (κ3) is 2.06. The number of aromatic nitrogens is 2. The fraction of sp³-hybridized carbons (Fsp3) is 0.462. The number of hydrogen-bond donors (Lipinski definition) is 3. The zero-order valence-electron chi connectivity index (χ0n) is 9.82. The Kier molecular flexibility index (Phi) is 2.82. The van der Waals surface area contributed by atoms with Gasteiger partial charge in [0, 0.05) is 6.04 Å². The summed E-state index contributed by atoms with van der Waals surface area (Å²) in [5.41, 5.74) is 9.63. The van der Waals surface area contributed by atoms with E-state index >= 15 is 0 Å². The first kappa shape index (κ1) is 10.7. The number of aromatic amines is 1. The molecule has 1 saturated heterocycles. The largest absolute Gasteiger partial charge is 0.345 e. The third-order valence-corrected chi connectivity index (χ3v) is 3.67. The second-order valence-corrected chi connectivity index (χ2v) is 4.81. The van der Waals surface area contributed by atoms with Gasteiger partial charge in [0.2, 0.25) is 0 Å². The number of nitrogens with two attached hydrogens (primary N) is 1. The smallest absolute Gasteiger partial charge is 0.0931 e. The van der Waals surface area contributed by atoms with Crippen LogP contribution in [0.5, 0.6) is 0 Å². The van der Waals surface area contributed by atoms with E-state index in [9.17, 15) is 0 Å². The van der Waals surface area contributed by atoms with Gasteiger partial charge in [-0.3, -0.25) is 0 Å². The van der Waals surface area contributed by atoms with E-state index in [2.05, 4.69) is 27.4 Å². The maximum absolute atomic E-state index is 6.36. The normalized spacial score (nSPS) is 22.8. The molecule has 0 radical (unpaired) electrons. The Labute approximate surface area is 101 Å². The predicted octanol–water partition coefficient (Wildman–Crippen LogP) is 1.56. The molecule has 0 amide bonds. The SMILES string of the molecule is NC(c1ccc2nc[nH]c2c1)C1CCCNC1. The Balaban J connectivity index is 1.86. The lowest BCUT2D eigenvalue weighted by Gasteiger charge is -2.28. The molecule has 4 N–H and O–H groups in total. The van der Waals surface area contributed by atoms with Crippen molar-refractivity contribution in [3.8, 4) is 0 Å². The van der Waals surface area contributed by atoms with E-state index in [1.54, 1.807) is 6.33 Å². The summed E-state index contributed by atoms with van der Waals surface area (Å²) in [7, 11) is 0. The van der Waals surface area contributed by atoms with Crippen molar-refractivity contribution >= 4 is 11.0 Å². The van der Waals surface area contributed by atoms with Crippen LogP contribution in [-0.2, 0) is 0 Å². The lowest BCUT2D eigenvalue weighted by molar-refractivity contribution is 0.326.